The lowest BCUT2D eigenvalue weighted by Gasteiger charge is -2.04. The van der Waals surface area contributed by atoms with Crippen molar-refractivity contribution in [2.75, 3.05) is 0 Å². The van der Waals surface area contributed by atoms with Gasteiger partial charge in [0.2, 0.25) is 0 Å². The van der Waals surface area contributed by atoms with Gasteiger partial charge in [0.25, 0.3) is 0 Å². The van der Waals surface area contributed by atoms with Crippen molar-refractivity contribution in [2.45, 2.75) is 39.8 Å². The Kier molecular flexibility index (Phi) is 3.69. The molecule has 12 heavy (non-hydrogen) atoms. The summed E-state index contributed by atoms with van der Waals surface area (Å²) in [5.41, 5.74) is 0. The third-order valence-corrected chi connectivity index (χ3v) is 2.75. The summed E-state index contributed by atoms with van der Waals surface area (Å²) in [6, 6.07) is 0.541. The summed E-state index contributed by atoms with van der Waals surface area (Å²) < 4.78 is 0. The fourth-order valence-electron chi connectivity index (χ4n) is 0.885. The molecule has 0 saturated carbocycles. The molecule has 1 rings (SSSR count). The molecule has 0 aliphatic carbocycles. The van der Waals surface area contributed by atoms with E-state index in [0.717, 1.165) is 13.0 Å². The molecule has 0 aromatic carbocycles. The average Bonchev–Trinajstić information content (AvgIpc) is 2.48. The molecular formula is C9H16N2S. The first kappa shape index (κ1) is 9.68. The van der Waals surface area contributed by atoms with E-state index in [1.807, 2.05) is 6.20 Å². The Hall–Kier alpha value is -0.410. The average molecular weight is 184 g/mol. The van der Waals surface area contributed by atoms with Crippen LogP contribution in [0.4, 0.5) is 0 Å². The third kappa shape index (κ3) is 2.91. The van der Waals surface area contributed by atoms with Gasteiger partial charge in [-0.1, -0.05) is 20.8 Å². The Morgan fingerprint density at radius 2 is 2.33 bits per heavy atom. The molecule has 1 aromatic rings. The van der Waals surface area contributed by atoms with Crippen molar-refractivity contribution in [3.05, 3.63) is 16.1 Å². The number of hydrogen-bond acceptors (Lipinski definition) is 3. The van der Waals surface area contributed by atoms with E-state index in [-0.39, 0.29) is 0 Å². The molecular weight excluding hydrogens is 168 g/mol. The van der Waals surface area contributed by atoms with Crippen LogP contribution in [-0.4, -0.2) is 11.0 Å². The summed E-state index contributed by atoms with van der Waals surface area (Å²) in [4.78, 5) is 5.69. The molecule has 0 fully saturated rings. The lowest BCUT2D eigenvalue weighted by Crippen LogP contribution is -2.21. The van der Waals surface area contributed by atoms with Crippen LogP contribution in [0.1, 0.15) is 30.7 Å². The van der Waals surface area contributed by atoms with E-state index in [9.17, 15) is 0 Å². The van der Waals surface area contributed by atoms with Gasteiger partial charge in [0.1, 0.15) is 5.01 Å². The molecule has 0 aliphatic heterocycles. The maximum absolute atomic E-state index is 4.31. The highest BCUT2D eigenvalue weighted by atomic mass is 32.1. The van der Waals surface area contributed by atoms with Crippen LogP contribution >= 0.6 is 11.3 Å². The highest BCUT2D eigenvalue weighted by Crippen LogP contribution is 2.12. The molecule has 0 atom stereocenters. The monoisotopic (exact) mass is 184 g/mol. The Labute approximate surface area is 78.0 Å². The summed E-state index contributed by atoms with van der Waals surface area (Å²) in [5, 5.41) is 4.54. The molecule has 3 heteroatoms. The van der Waals surface area contributed by atoms with Gasteiger partial charge >= 0.3 is 0 Å². The molecule has 1 N–H and O–H groups in total. The van der Waals surface area contributed by atoms with Gasteiger partial charge in [0.15, 0.2) is 0 Å². The number of hydrogen-bond donors (Lipinski definition) is 1. The quantitative estimate of drug-likeness (QED) is 0.776. The zero-order chi connectivity index (χ0) is 8.97. The molecule has 0 unspecified atom stereocenters. The molecule has 0 saturated heterocycles. The summed E-state index contributed by atoms with van der Waals surface area (Å²) in [6.07, 6.45) is 3.07. The maximum atomic E-state index is 4.31. The summed E-state index contributed by atoms with van der Waals surface area (Å²) in [5.74, 6) is 0. The normalized spacial score (nSPS) is 11.0. The van der Waals surface area contributed by atoms with Crippen molar-refractivity contribution >= 4 is 11.3 Å². The van der Waals surface area contributed by atoms with Crippen LogP contribution < -0.4 is 5.32 Å². The Bertz CT molecular complexity index is 230. The van der Waals surface area contributed by atoms with Crippen molar-refractivity contribution < 1.29 is 0 Å². The van der Waals surface area contributed by atoms with E-state index in [4.69, 9.17) is 0 Å². The number of nitrogens with one attached hydrogen (secondary N) is 1. The molecule has 2 nitrogen and oxygen atoms in total. The van der Waals surface area contributed by atoms with Gasteiger partial charge in [-0.15, -0.1) is 11.3 Å². The predicted octanol–water partition coefficient (Wildman–Crippen LogP) is 2.20. The number of nitrogens with zero attached hydrogens (tertiary/aromatic N) is 1. The van der Waals surface area contributed by atoms with E-state index >= 15 is 0 Å². The molecule has 1 aromatic heterocycles. The first-order valence-corrected chi connectivity index (χ1v) is 5.21. The molecule has 68 valence electrons. The summed E-state index contributed by atoms with van der Waals surface area (Å²) in [6.45, 7) is 7.36. The number of aryl methyl sites for hydroxylation is 1. The lowest BCUT2D eigenvalue weighted by atomic mass is 10.4. The first-order valence-electron chi connectivity index (χ1n) is 4.39. The van der Waals surface area contributed by atoms with E-state index in [1.165, 1.54) is 9.88 Å². The zero-order valence-electron chi connectivity index (χ0n) is 7.92. The van der Waals surface area contributed by atoms with Crippen LogP contribution in [0.2, 0.25) is 0 Å². The van der Waals surface area contributed by atoms with Crippen LogP contribution in [0, 0.1) is 0 Å². The first-order chi connectivity index (χ1) is 5.72. The van der Waals surface area contributed by atoms with Gasteiger partial charge in [0.05, 0.1) is 0 Å². The molecule has 0 radical (unpaired) electrons. The molecule has 0 aliphatic rings. The highest BCUT2D eigenvalue weighted by Gasteiger charge is 2.00. The minimum absolute atomic E-state index is 0.541. The van der Waals surface area contributed by atoms with Gasteiger partial charge in [-0.05, 0) is 6.42 Å². The van der Waals surface area contributed by atoms with Crippen LogP contribution in [0.25, 0.3) is 0 Å². The van der Waals surface area contributed by atoms with E-state index < -0.39 is 0 Å². The SMILES string of the molecule is CCc1cnc(CNC(C)C)s1. The lowest BCUT2D eigenvalue weighted by molar-refractivity contribution is 0.587. The van der Waals surface area contributed by atoms with Crippen molar-refractivity contribution in [1.29, 1.82) is 0 Å². The van der Waals surface area contributed by atoms with Gasteiger partial charge < -0.3 is 5.32 Å². The second-order valence-electron chi connectivity index (χ2n) is 3.11. The van der Waals surface area contributed by atoms with Crippen LogP contribution in [0.5, 0.6) is 0 Å². The molecule has 1 heterocycles. The fourth-order valence-corrected chi connectivity index (χ4v) is 1.70. The van der Waals surface area contributed by atoms with Crippen molar-refractivity contribution in [3.8, 4) is 0 Å². The molecule has 0 spiro atoms. The fraction of sp³-hybridized carbons (Fsp3) is 0.667. The molecule has 0 amide bonds. The van der Waals surface area contributed by atoms with E-state index in [2.05, 4.69) is 31.1 Å². The van der Waals surface area contributed by atoms with Gasteiger partial charge in [-0.25, -0.2) is 4.98 Å². The van der Waals surface area contributed by atoms with E-state index in [1.54, 1.807) is 11.3 Å². The Balaban J connectivity index is 2.41. The predicted molar refractivity (Wildman–Crippen MR) is 53.5 cm³/mol. The van der Waals surface area contributed by atoms with Crippen molar-refractivity contribution in [2.24, 2.45) is 0 Å². The largest absolute Gasteiger partial charge is 0.308 e. The standard InChI is InChI=1S/C9H16N2S/c1-4-8-5-11-9(12-8)6-10-7(2)3/h5,7,10H,4,6H2,1-3H3. The second kappa shape index (κ2) is 4.58. The minimum Gasteiger partial charge on any atom is -0.308 e. The minimum atomic E-state index is 0.541. The Morgan fingerprint density at radius 3 is 2.83 bits per heavy atom. The number of thiazole rings is 1. The van der Waals surface area contributed by atoms with Crippen LogP contribution in [-0.2, 0) is 13.0 Å². The Morgan fingerprint density at radius 1 is 1.58 bits per heavy atom. The van der Waals surface area contributed by atoms with E-state index in [0.29, 0.717) is 6.04 Å². The topological polar surface area (TPSA) is 24.9 Å². The smallest absolute Gasteiger partial charge is 0.107 e. The maximum Gasteiger partial charge on any atom is 0.107 e. The van der Waals surface area contributed by atoms with Gasteiger partial charge in [-0.3, -0.25) is 0 Å². The van der Waals surface area contributed by atoms with Crippen molar-refractivity contribution in [3.63, 3.8) is 0 Å². The van der Waals surface area contributed by atoms with Crippen molar-refractivity contribution in [1.82, 2.24) is 10.3 Å². The summed E-state index contributed by atoms with van der Waals surface area (Å²) >= 11 is 1.80. The third-order valence-electron chi connectivity index (χ3n) is 1.61. The van der Waals surface area contributed by atoms with Crippen LogP contribution in [0.3, 0.4) is 0 Å². The zero-order valence-corrected chi connectivity index (χ0v) is 8.74. The molecule has 0 bridgehead atoms. The van der Waals surface area contributed by atoms with Gasteiger partial charge in [-0.2, -0.15) is 0 Å². The van der Waals surface area contributed by atoms with Crippen LogP contribution in [0.15, 0.2) is 6.20 Å². The van der Waals surface area contributed by atoms with Gasteiger partial charge in [0, 0.05) is 23.7 Å². The summed E-state index contributed by atoms with van der Waals surface area (Å²) in [7, 11) is 0. The number of rotatable bonds is 4. The second-order valence-corrected chi connectivity index (χ2v) is 4.31. The number of aromatic nitrogens is 1. The highest BCUT2D eigenvalue weighted by molar-refractivity contribution is 7.11.